The fourth-order valence-electron chi connectivity index (χ4n) is 0.333. The highest BCUT2D eigenvalue weighted by Crippen LogP contribution is 2.01. The fourth-order valence-corrected chi connectivity index (χ4v) is 0.998. The SMILES string of the molecule is CC(C)=O.Cc1ccsc1. The van der Waals surface area contributed by atoms with Gasteiger partial charge in [-0.15, -0.1) is 0 Å². The lowest BCUT2D eigenvalue weighted by Crippen LogP contribution is -1.69. The molecule has 0 aliphatic carbocycles. The monoisotopic (exact) mass is 156 g/mol. The maximum atomic E-state index is 9.44. The molecule has 56 valence electrons. The normalized spacial score (nSPS) is 7.90. The van der Waals surface area contributed by atoms with Crippen LogP contribution in [0.25, 0.3) is 0 Å². The molecule has 0 spiro atoms. The summed E-state index contributed by atoms with van der Waals surface area (Å²) in [6.45, 7) is 5.15. The van der Waals surface area contributed by atoms with Gasteiger partial charge in [-0.1, -0.05) is 0 Å². The van der Waals surface area contributed by atoms with Crippen molar-refractivity contribution in [2.45, 2.75) is 20.8 Å². The molecule has 1 rings (SSSR count). The number of carbonyl (C=O) groups excluding carboxylic acids is 1. The van der Waals surface area contributed by atoms with Crippen LogP contribution >= 0.6 is 11.3 Å². The van der Waals surface area contributed by atoms with Crippen LogP contribution in [0.1, 0.15) is 19.4 Å². The Morgan fingerprint density at radius 3 is 2.10 bits per heavy atom. The third kappa shape index (κ3) is 7.37. The zero-order chi connectivity index (χ0) is 7.98. The van der Waals surface area contributed by atoms with Gasteiger partial charge in [-0.05, 0) is 43.2 Å². The van der Waals surface area contributed by atoms with E-state index >= 15 is 0 Å². The highest BCUT2D eigenvalue weighted by atomic mass is 32.1. The van der Waals surface area contributed by atoms with Crippen LogP contribution in [0.3, 0.4) is 0 Å². The highest BCUT2D eigenvalue weighted by molar-refractivity contribution is 7.07. The molecule has 0 radical (unpaired) electrons. The van der Waals surface area contributed by atoms with E-state index < -0.39 is 0 Å². The van der Waals surface area contributed by atoms with E-state index in [1.807, 2.05) is 0 Å². The molecule has 0 aromatic carbocycles. The Labute approximate surface area is 65.7 Å². The van der Waals surface area contributed by atoms with E-state index in [2.05, 4.69) is 23.8 Å². The largest absolute Gasteiger partial charge is 0.300 e. The van der Waals surface area contributed by atoms with Crippen LogP contribution in [0.2, 0.25) is 0 Å². The smallest absolute Gasteiger partial charge is 0.126 e. The Balaban J connectivity index is 0.000000180. The van der Waals surface area contributed by atoms with Gasteiger partial charge in [0.05, 0.1) is 0 Å². The van der Waals surface area contributed by atoms with Gasteiger partial charge in [0.1, 0.15) is 5.78 Å². The minimum atomic E-state index is 0.167. The predicted octanol–water partition coefficient (Wildman–Crippen LogP) is 2.65. The van der Waals surface area contributed by atoms with Crippen molar-refractivity contribution in [3.05, 3.63) is 22.4 Å². The van der Waals surface area contributed by atoms with E-state index in [-0.39, 0.29) is 5.78 Å². The maximum absolute atomic E-state index is 9.44. The van der Waals surface area contributed by atoms with Crippen molar-refractivity contribution in [1.82, 2.24) is 0 Å². The van der Waals surface area contributed by atoms with Crippen molar-refractivity contribution >= 4 is 17.1 Å². The average Bonchev–Trinajstić information content (AvgIpc) is 2.15. The predicted molar refractivity (Wildman–Crippen MR) is 45.4 cm³/mol. The third-order valence-corrected chi connectivity index (χ3v) is 1.46. The van der Waals surface area contributed by atoms with Gasteiger partial charge in [0.15, 0.2) is 0 Å². The number of rotatable bonds is 0. The van der Waals surface area contributed by atoms with Gasteiger partial charge < -0.3 is 4.79 Å². The minimum absolute atomic E-state index is 0.167. The van der Waals surface area contributed by atoms with Gasteiger partial charge >= 0.3 is 0 Å². The van der Waals surface area contributed by atoms with Crippen LogP contribution < -0.4 is 0 Å². The molecule has 0 unspecified atom stereocenters. The van der Waals surface area contributed by atoms with Crippen LogP contribution in [-0.4, -0.2) is 5.78 Å². The summed E-state index contributed by atoms with van der Waals surface area (Å²) < 4.78 is 0. The van der Waals surface area contributed by atoms with Crippen molar-refractivity contribution in [3.63, 3.8) is 0 Å². The number of carbonyl (C=O) groups is 1. The lowest BCUT2D eigenvalue weighted by molar-refractivity contribution is -0.114. The minimum Gasteiger partial charge on any atom is -0.300 e. The van der Waals surface area contributed by atoms with Gasteiger partial charge in [0.25, 0.3) is 0 Å². The molecule has 0 fully saturated rings. The number of hydrogen-bond acceptors (Lipinski definition) is 2. The van der Waals surface area contributed by atoms with Crippen LogP contribution in [0, 0.1) is 6.92 Å². The molecule has 1 aromatic rings. The molecule has 0 N–H and O–H groups in total. The van der Waals surface area contributed by atoms with E-state index in [4.69, 9.17) is 0 Å². The Kier molecular flexibility index (Phi) is 4.85. The molecule has 1 heterocycles. The van der Waals surface area contributed by atoms with Gasteiger partial charge in [0.2, 0.25) is 0 Å². The van der Waals surface area contributed by atoms with Crippen LogP contribution in [0.4, 0.5) is 0 Å². The number of thiophene rings is 1. The molecule has 0 aliphatic rings. The summed E-state index contributed by atoms with van der Waals surface area (Å²) in [6.07, 6.45) is 0. The maximum Gasteiger partial charge on any atom is 0.126 e. The summed E-state index contributed by atoms with van der Waals surface area (Å²) in [5, 5.41) is 4.20. The first-order valence-electron chi connectivity index (χ1n) is 3.09. The molecule has 10 heavy (non-hydrogen) atoms. The van der Waals surface area contributed by atoms with Crippen molar-refractivity contribution in [3.8, 4) is 0 Å². The summed E-state index contributed by atoms with van der Waals surface area (Å²) in [5.74, 6) is 0.167. The Bertz CT molecular complexity index is 173. The van der Waals surface area contributed by atoms with Crippen molar-refractivity contribution in [1.29, 1.82) is 0 Å². The molecule has 0 atom stereocenters. The quantitative estimate of drug-likeness (QED) is 0.564. The van der Waals surface area contributed by atoms with E-state index in [1.54, 1.807) is 11.3 Å². The standard InChI is InChI=1S/C5H6S.C3H6O/c1-5-2-3-6-4-5;1-3(2)4/h2-4H,1H3;1-2H3. The van der Waals surface area contributed by atoms with Crippen molar-refractivity contribution < 1.29 is 4.79 Å². The second-order valence-corrected chi connectivity index (χ2v) is 2.99. The second-order valence-electron chi connectivity index (χ2n) is 2.21. The van der Waals surface area contributed by atoms with E-state index in [0.717, 1.165) is 0 Å². The van der Waals surface area contributed by atoms with E-state index in [9.17, 15) is 4.79 Å². The molecule has 1 nitrogen and oxygen atoms in total. The van der Waals surface area contributed by atoms with Crippen LogP contribution in [-0.2, 0) is 4.79 Å². The molecule has 0 saturated carbocycles. The molecule has 1 aromatic heterocycles. The lowest BCUT2D eigenvalue weighted by atomic mass is 10.4. The summed E-state index contributed by atoms with van der Waals surface area (Å²) in [6, 6.07) is 2.10. The molecular formula is C8H12OS. The first-order chi connectivity index (χ1) is 4.63. The van der Waals surface area contributed by atoms with Crippen LogP contribution in [0.5, 0.6) is 0 Å². The Morgan fingerprint density at radius 2 is 2.00 bits per heavy atom. The van der Waals surface area contributed by atoms with E-state index in [0.29, 0.717) is 0 Å². The Hall–Kier alpha value is -0.630. The van der Waals surface area contributed by atoms with Gasteiger partial charge in [-0.3, -0.25) is 0 Å². The van der Waals surface area contributed by atoms with Crippen LogP contribution in [0.15, 0.2) is 16.8 Å². The number of aryl methyl sites for hydroxylation is 1. The van der Waals surface area contributed by atoms with Crippen molar-refractivity contribution in [2.24, 2.45) is 0 Å². The summed E-state index contributed by atoms with van der Waals surface area (Å²) in [4.78, 5) is 9.44. The lowest BCUT2D eigenvalue weighted by Gasteiger charge is -1.65. The summed E-state index contributed by atoms with van der Waals surface area (Å²) in [7, 11) is 0. The molecular weight excluding hydrogens is 144 g/mol. The van der Waals surface area contributed by atoms with Crippen molar-refractivity contribution in [2.75, 3.05) is 0 Å². The fraction of sp³-hybridized carbons (Fsp3) is 0.375. The molecule has 2 heteroatoms. The summed E-state index contributed by atoms with van der Waals surface area (Å²) in [5.41, 5.74) is 1.36. The first-order valence-corrected chi connectivity index (χ1v) is 4.03. The molecule has 0 amide bonds. The second kappa shape index (κ2) is 5.18. The topological polar surface area (TPSA) is 17.1 Å². The zero-order valence-corrected chi connectivity index (χ0v) is 7.37. The molecule has 0 bridgehead atoms. The molecule has 0 aliphatic heterocycles. The number of ketones is 1. The Morgan fingerprint density at radius 1 is 1.50 bits per heavy atom. The zero-order valence-electron chi connectivity index (χ0n) is 6.55. The first kappa shape index (κ1) is 9.37. The number of hydrogen-bond donors (Lipinski definition) is 0. The highest BCUT2D eigenvalue weighted by Gasteiger charge is 1.74. The summed E-state index contributed by atoms with van der Waals surface area (Å²) >= 11 is 1.74. The number of Topliss-reactive ketones (excluding diaryl/α,β-unsaturated/α-hetero) is 1. The van der Waals surface area contributed by atoms with Gasteiger partial charge in [-0.2, -0.15) is 11.3 Å². The molecule has 0 saturated heterocycles. The third-order valence-electron chi connectivity index (χ3n) is 0.663. The van der Waals surface area contributed by atoms with Gasteiger partial charge in [-0.25, -0.2) is 0 Å². The van der Waals surface area contributed by atoms with E-state index in [1.165, 1.54) is 19.4 Å². The average molecular weight is 156 g/mol. The van der Waals surface area contributed by atoms with Gasteiger partial charge in [0, 0.05) is 0 Å².